The van der Waals surface area contributed by atoms with Crippen LogP contribution in [0.25, 0.3) is 22.3 Å². The predicted octanol–water partition coefficient (Wildman–Crippen LogP) is 3.43. The first-order valence-corrected chi connectivity index (χ1v) is 9.72. The molecule has 0 amide bonds. The van der Waals surface area contributed by atoms with Crippen molar-refractivity contribution in [1.29, 1.82) is 0 Å². The van der Waals surface area contributed by atoms with Crippen molar-refractivity contribution in [3.63, 3.8) is 0 Å². The molecule has 3 heterocycles. The fourth-order valence-corrected chi connectivity index (χ4v) is 4.32. The largest absolute Gasteiger partial charge is 0.329 e. The Labute approximate surface area is 161 Å². The topological polar surface area (TPSA) is 37.2 Å². The van der Waals surface area contributed by atoms with Crippen LogP contribution in [0.1, 0.15) is 18.4 Å². The predicted molar refractivity (Wildman–Crippen MR) is 111 cm³/mol. The molecule has 5 nitrogen and oxygen atoms in total. The number of nitrogens with zero attached hydrogens (tertiary/aromatic N) is 5. The van der Waals surface area contributed by atoms with Gasteiger partial charge in [0, 0.05) is 41.6 Å². The number of aromatic nitrogens is 3. The summed E-state index contributed by atoms with van der Waals surface area (Å²) in [6.07, 6.45) is 8.26. The number of pyridine rings is 1. The van der Waals surface area contributed by atoms with Crippen molar-refractivity contribution in [2.45, 2.75) is 31.8 Å². The molecule has 0 bridgehead atoms. The van der Waals surface area contributed by atoms with E-state index >= 15 is 0 Å². The maximum atomic E-state index is 4.77. The molecule has 0 saturated carbocycles. The normalized spacial score (nSPS) is 17.7. The fourth-order valence-electron chi connectivity index (χ4n) is 4.32. The number of hydrogen-bond donors (Lipinski definition) is 0. The molecule has 2 aromatic heterocycles. The van der Waals surface area contributed by atoms with E-state index in [0.717, 1.165) is 31.0 Å². The van der Waals surface area contributed by atoms with Gasteiger partial charge in [0.05, 0.1) is 5.52 Å². The molecule has 1 aromatic carbocycles. The van der Waals surface area contributed by atoms with E-state index in [4.69, 9.17) is 4.98 Å². The van der Waals surface area contributed by atoms with E-state index in [1.165, 1.54) is 29.4 Å². The molecule has 0 N–H and O–H groups in total. The van der Waals surface area contributed by atoms with Gasteiger partial charge >= 0.3 is 0 Å². The highest BCUT2D eigenvalue weighted by Crippen LogP contribution is 2.33. The lowest BCUT2D eigenvalue weighted by Crippen LogP contribution is -2.54. The van der Waals surface area contributed by atoms with Crippen LogP contribution in [0, 0.1) is 6.92 Å². The van der Waals surface area contributed by atoms with E-state index in [2.05, 4.69) is 71.8 Å². The Morgan fingerprint density at radius 1 is 1.07 bits per heavy atom. The van der Waals surface area contributed by atoms with Gasteiger partial charge in [-0.25, -0.2) is 4.98 Å². The van der Waals surface area contributed by atoms with Crippen LogP contribution < -0.4 is 0 Å². The Kier molecular flexibility index (Phi) is 4.74. The second kappa shape index (κ2) is 7.06. The number of hydrogen-bond acceptors (Lipinski definition) is 4. The zero-order valence-corrected chi connectivity index (χ0v) is 16.8. The Hall–Kier alpha value is -2.24. The van der Waals surface area contributed by atoms with Gasteiger partial charge in [-0.05, 0) is 71.7 Å². The number of piperidine rings is 1. The van der Waals surface area contributed by atoms with Crippen molar-refractivity contribution in [2.24, 2.45) is 0 Å². The molecule has 0 unspecified atom stereocenters. The monoisotopic (exact) mass is 363 g/mol. The molecule has 27 heavy (non-hydrogen) atoms. The molecule has 3 aromatic rings. The van der Waals surface area contributed by atoms with Crippen molar-refractivity contribution >= 4 is 10.9 Å². The average molecular weight is 364 g/mol. The molecule has 1 aliphatic rings. The highest BCUT2D eigenvalue weighted by Gasteiger charge is 2.36. The number of benzene rings is 1. The maximum absolute atomic E-state index is 4.77. The summed E-state index contributed by atoms with van der Waals surface area (Å²) in [7, 11) is 6.65. The third-order valence-electron chi connectivity index (χ3n) is 6.26. The van der Waals surface area contributed by atoms with Crippen LogP contribution in [0.2, 0.25) is 0 Å². The molecular weight excluding hydrogens is 334 g/mol. The molecule has 0 aliphatic carbocycles. The van der Waals surface area contributed by atoms with E-state index in [9.17, 15) is 0 Å². The lowest BCUT2D eigenvalue weighted by molar-refractivity contribution is 0.0515. The van der Waals surface area contributed by atoms with Gasteiger partial charge in [-0.1, -0.05) is 12.1 Å². The molecule has 0 atom stereocenters. The van der Waals surface area contributed by atoms with Crippen LogP contribution in [-0.2, 0) is 6.54 Å². The minimum atomic E-state index is 0.165. The van der Waals surface area contributed by atoms with E-state index in [0.29, 0.717) is 0 Å². The van der Waals surface area contributed by atoms with Gasteiger partial charge in [0.15, 0.2) is 0 Å². The summed E-state index contributed by atoms with van der Waals surface area (Å²) in [6.45, 7) is 5.40. The summed E-state index contributed by atoms with van der Waals surface area (Å²) >= 11 is 0. The molecule has 142 valence electrons. The first kappa shape index (κ1) is 18.1. The number of fused-ring (bicyclic) bond motifs is 1. The summed E-state index contributed by atoms with van der Waals surface area (Å²) < 4.78 is 2.35. The highest BCUT2D eigenvalue weighted by molar-refractivity contribution is 5.94. The van der Waals surface area contributed by atoms with E-state index in [-0.39, 0.29) is 5.54 Å². The molecule has 1 aliphatic heterocycles. The molecule has 0 spiro atoms. The standard InChI is InChI=1S/C22H29N5/c1-17-7-8-19-18(6-5-11-23-19)20(17)21-24-12-15-27(21)16-22(25(2)3)9-13-26(4)14-10-22/h5-8,11-12,15H,9-10,13-14,16H2,1-4H3. The minimum Gasteiger partial charge on any atom is -0.329 e. The van der Waals surface area contributed by atoms with Crippen LogP contribution in [0.4, 0.5) is 0 Å². The number of likely N-dealkylation sites (N-methyl/N-ethyl adjacent to an activating group) is 1. The Morgan fingerprint density at radius 3 is 2.59 bits per heavy atom. The molecule has 5 heteroatoms. The van der Waals surface area contributed by atoms with E-state index in [1.54, 1.807) is 0 Å². The number of likely N-dealkylation sites (tertiary alicyclic amines) is 1. The van der Waals surface area contributed by atoms with Crippen molar-refractivity contribution in [3.8, 4) is 11.4 Å². The molecule has 4 rings (SSSR count). The highest BCUT2D eigenvalue weighted by atomic mass is 15.2. The molecular formula is C22H29N5. The zero-order chi connectivity index (χ0) is 19.0. The number of aryl methyl sites for hydroxylation is 1. The van der Waals surface area contributed by atoms with Crippen LogP contribution in [0.5, 0.6) is 0 Å². The second-order valence-electron chi connectivity index (χ2n) is 8.13. The third-order valence-corrected chi connectivity index (χ3v) is 6.26. The zero-order valence-electron chi connectivity index (χ0n) is 16.8. The van der Waals surface area contributed by atoms with Gasteiger partial charge in [-0.2, -0.15) is 0 Å². The molecule has 0 radical (unpaired) electrons. The van der Waals surface area contributed by atoms with Crippen LogP contribution >= 0.6 is 0 Å². The quantitative estimate of drug-likeness (QED) is 0.712. The first-order chi connectivity index (χ1) is 13.0. The van der Waals surface area contributed by atoms with E-state index < -0.39 is 0 Å². The minimum absolute atomic E-state index is 0.165. The summed E-state index contributed by atoms with van der Waals surface area (Å²) in [5.74, 6) is 1.05. The van der Waals surface area contributed by atoms with Crippen LogP contribution in [0.3, 0.4) is 0 Å². The lowest BCUT2D eigenvalue weighted by atomic mass is 9.86. The second-order valence-corrected chi connectivity index (χ2v) is 8.13. The summed E-state index contributed by atoms with van der Waals surface area (Å²) in [6, 6.07) is 8.42. The van der Waals surface area contributed by atoms with Gasteiger partial charge in [-0.3, -0.25) is 4.98 Å². The van der Waals surface area contributed by atoms with Gasteiger partial charge in [-0.15, -0.1) is 0 Å². The Bertz CT molecular complexity index is 935. The Morgan fingerprint density at radius 2 is 1.85 bits per heavy atom. The maximum Gasteiger partial charge on any atom is 0.140 e. The number of rotatable bonds is 4. The van der Waals surface area contributed by atoms with Gasteiger partial charge < -0.3 is 14.4 Å². The van der Waals surface area contributed by atoms with Gasteiger partial charge in [0.25, 0.3) is 0 Å². The van der Waals surface area contributed by atoms with Crippen LogP contribution in [-0.4, -0.2) is 64.1 Å². The number of imidazole rings is 1. The molecule has 1 saturated heterocycles. The van der Waals surface area contributed by atoms with Crippen molar-refractivity contribution in [3.05, 3.63) is 48.4 Å². The summed E-state index contributed by atoms with van der Waals surface area (Å²) in [4.78, 5) is 14.2. The van der Waals surface area contributed by atoms with Crippen LogP contribution in [0.15, 0.2) is 42.9 Å². The SMILES string of the molecule is Cc1ccc2ncccc2c1-c1nccn1CC1(N(C)C)CCN(C)CC1. The smallest absolute Gasteiger partial charge is 0.140 e. The van der Waals surface area contributed by atoms with Crippen molar-refractivity contribution < 1.29 is 0 Å². The lowest BCUT2D eigenvalue weighted by Gasteiger charge is -2.45. The summed E-state index contributed by atoms with van der Waals surface area (Å²) in [5.41, 5.74) is 3.63. The van der Waals surface area contributed by atoms with Gasteiger partial charge in [0.2, 0.25) is 0 Å². The van der Waals surface area contributed by atoms with Gasteiger partial charge in [0.1, 0.15) is 5.82 Å². The average Bonchev–Trinajstić information content (AvgIpc) is 3.11. The van der Waals surface area contributed by atoms with E-state index in [1.807, 2.05) is 18.5 Å². The fraction of sp³-hybridized carbons (Fsp3) is 0.455. The third kappa shape index (κ3) is 3.26. The summed E-state index contributed by atoms with van der Waals surface area (Å²) in [5, 5.41) is 1.17. The Balaban J connectivity index is 1.77. The van der Waals surface area contributed by atoms with Crippen molar-refractivity contribution in [2.75, 3.05) is 34.2 Å². The molecule has 1 fully saturated rings. The first-order valence-electron chi connectivity index (χ1n) is 9.72. The van der Waals surface area contributed by atoms with Crippen molar-refractivity contribution in [1.82, 2.24) is 24.3 Å².